The second-order valence-electron chi connectivity index (χ2n) is 9.41. The van der Waals surface area contributed by atoms with Crippen LogP contribution in [0.1, 0.15) is 45.7 Å². The van der Waals surface area contributed by atoms with Crippen LogP contribution in [0, 0.1) is 5.92 Å². The Bertz CT molecular complexity index is 1070. The van der Waals surface area contributed by atoms with Gasteiger partial charge in [0.15, 0.2) is 0 Å². The fourth-order valence-electron chi connectivity index (χ4n) is 4.49. The Morgan fingerprint density at radius 2 is 1.18 bits per heavy atom. The highest BCUT2D eigenvalue weighted by Gasteiger charge is 2.52. The Labute approximate surface area is 200 Å². The van der Waals surface area contributed by atoms with Crippen molar-refractivity contribution in [3.63, 3.8) is 0 Å². The molecule has 0 radical (unpaired) electrons. The van der Waals surface area contributed by atoms with Crippen LogP contribution in [-0.4, -0.2) is 11.9 Å². The van der Waals surface area contributed by atoms with Crippen LogP contribution >= 0.6 is 0 Å². The zero-order chi connectivity index (χ0) is 25.1. The van der Waals surface area contributed by atoms with E-state index in [1.807, 2.05) is 60.7 Å². The van der Waals surface area contributed by atoms with Crippen molar-refractivity contribution in [1.29, 1.82) is 0 Å². The molecule has 34 heavy (non-hydrogen) atoms. The van der Waals surface area contributed by atoms with Gasteiger partial charge in [0.2, 0.25) is 0 Å². The number of ether oxygens (including phenoxy) is 2. The number of carbonyl (C=O) groups is 2. The molecule has 6 nitrogen and oxygen atoms in total. The van der Waals surface area contributed by atoms with E-state index in [9.17, 15) is 9.59 Å². The summed E-state index contributed by atoms with van der Waals surface area (Å²) in [7, 11) is 0. The molecular formula is C28H30O6. The summed E-state index contributed by atoms with van der Waals surface area (Å²) in [6, 6.07) is 19.8. The molecular weight excluding hydrogens is 432 g/mol. The summed E-state index contributed by atoms with van der Waals surface area (Å²) in [4.78, 5) is 35.4. The first-order valence-electron chi connectivity index (χ1n) is 10.9. The molecule has 0 spiro atoms. The summed E-state index contributed by atoms with van der Waals surface area (Å²) in [6.45, 7) is 16.8. The van der Waals surface area contributed by atoms with E-state index in [2.05, 4.69) is 40.9 Å². The van der Waals surface area contributed by atoms with E-state index >= 15 is 0 Å². The quantitative estimate of drug-likeness (QED) is 0.153. The molecule has 0 N–H and O–H groups in total. The molecule has 1 aliphatic rings. The second-order valence-corrected chi connectivity index (χ2v) is 9.41. The lowest BCUT2D eigenvalue weighted by Gasteiger charge is -2.45. The molecule has 178 valence electrons. The summed E-state index contributed by atoms with van der Waals surface area (Å²) < 4.78 is 10.3. The normalized spacial score (nSPS) is 12.8. The number of hydrogen-bond acceptors (Lipinski definition) is 6. The third kappa shape index (κ3) is 5.22. The van der Waals surface area contributed by atoms with Crippen molar-refractivity contribution >= 4 is 11.9 Å². The maximum absolute atomic E-state index is 13.5. The summed E-state index contributed by atoms with van der Waals surface area (Å²) in [5.41, 5.74) is 1.22. The van der Waals surface area contributed by atoms with Crippen LogP contribution in [0.15, 0.2) is 96.9 Å². The molecule has 3 rings (SSSR count). The summed E-state index contributed by atoms with van der Waals surface area (Å²) in [6.07, 6.45) is 0. The first kappa shape index (κ1) is 24.8. The number of benzene rings is 2. The lowest BCUT2D eigenvalue weighted by Crippen LogP contribution is -2.45. The lowest BCUT2D eigenvalue weighted by atomic mass is 9.57. The fourth-order valence-corrected chi connectivity index (χ4v) is 4.49. The van der Waals surface area contributed by atoms with Crippen molar-refractivity contribution in [3.05, 3.63) is 108 Å². The molecule has 1 fully saturated rings. The minimum absolute atomic E-state index is 0.0713. The van der Waals surface area contributed by atoms with Crippen molar-refractivity contribution in [2.24, 2.45) is 5.92 Å². The standard InChI is InChI=1S/C28H30O6/c1-18(2)24(29)31-19(3)32-25(30)22(26-33-34-26)23(27(4,5)20-14-10-8-11-15-20)28(6,7)21-16-12-9-13-17-21/h8-17,23H,1,3H2,2,4-7H3. The highest BCUT2D eigenvalue weighted by molar-refractivity contribution is 5.92. The van der Waals surface area contributed by atoms with Crippen molar-refractivity contribution in [2.75, 3.05) is 0 Å². The summed E-state index contributed by atoms with van der Waals surface area (Å²) in [5, 5.41) is 0. The van der Waals surface area contributed by atoms with Gasteiger partial charge in [0.05, 0.1) is 0 Å². The van der Waals surface area contributed by atoms with E-state index in [0.717, 1.165) is 11.1 Å². The van der Waals surface area contributed by atoms with Crippen LogP contribution in [-0.2, 0) is 39.7 Å². The van der Waals surface area contributed by atoms with Crippen LogP contribution < -0.4 is 0 Å². The Morgan fingerprint density at radius 1 is 0.765 bits per heavy atom. The predicted molar refractivity (Wildman–Crippen MR) is 128 cm³/mol. The third-order valence-corrected chi connectivity index (χ3v) is 6.14. The van der Waals surface area contributed by atoms with Gasteiger partial charge in [-0.25, -0.2) is 19.4 Å². The van der Waals surface area contributed by atoms with Gasteiger partial charge in [0.25, 0.3) is 5.95 Å². The molecule has 1 heterocycles. The molecule has 0 aliphatic carbocycles. The van der Waals surface area contributed by atoms with E-state index in [0.29, 0.717) is 0 Å². The Kier molecular flexibility index (Phi) is 7.01. The molecule has 6 heteroatoms. The Balaban J connectivity index is 2.08. The lowest BCUT2D eigenvalue weighted by molar-refractivity contribution is -0.149. The van der Waals surface area contributed by atoms with E-state index in [1.165, 1.54) is 6.92 Å². The molecule has 0 bridgehead atoms. The smallest absolute Gasteiger partial charge is 0.389 e. The molecule has 2 aromatic carbocycles. The SMILES string of the molecule is C=C(OC(=O)C(=C)C)OC(=O)C(=C1OO1)C(C(C)(C)c1ccccc1)C(C)(C)c1ccccc1. The van der Waals surface area contributed by atoms with Gasteiger partial charge in [0.1, 0.15) is 5.57 Å². The van der Waals surface area contributed by atoms with E-state index in [1.54, 1.807) is 0 Å². The molecule has 1 aliphatic heterocycles. The van der Waals surface area contributed by atoms with Gasteiger partial charge < -0.3 is 9.47 Å². The van der Waals surface area contributed by atoms with Crippen molar-refractivity contribution in [3.8, 4) is 0 Å². The molecule has 0 atom stereocenters. The summed E-state index contributed by atoms with van der Waals surface area (Å²) in [5.74, 6) is -2.37. The number of rotatable bonds is 9. The van der Waals surface area contributed by atoms with Crippen LogP contribution in [0.5, 0.6) is 0 Å². The molecule has 0 saturated carbocycles. The second kappa shape index (κ2) is 9.59. The average molecular weight is 463 g/mol. The maximum atomic E-state index is 13.5. The van der Waals surface area contributed by atoms with E-state index in [4.69, 9.17) is 19.2 Å². The van der Waals surface area contributed by atoms with Gasteiger partial charge in [-0.2, -0.15) is 0 Å². The van der Waals surface area contributed by atoms with Crippen LogP contribution in [0.25, 0.3) is 0 Å². The minimum atomic E-state index is -0.773. The van der Waals surface area contributed by atoms with Gasteiger partial charge in [-0.1, -0.05) is 94.9 Å². The van der Waals surface area contributed by atoms with Crippen LogP contribution in [0.3, 0.4) is 0 Å². The van der Waals surface area contributed by atoms with Gasteiger partial charge in [0, 0.05) is 11.5 Å². The molecule has 0 aromatic heterocycles. The first-order valence-corrected chi connectivity index (χ1v) is 10.9. The zero-order valence-corrected chi connectivity index (χ0v) is 20.2. The predicted octanol–water partition coefficient (Wildman–Crippen LogP) is 5.87. The van der Waals surface area contributed by atoms with Gasteiger partial charge in [-0.05, 0) is 35.5 Å². The molecule has 0 unspecified atom stereocenters. The highest BCUT2D eigenvalue weighted by Crippen LogP contribution is 2.50. The minimum Gasteiger partial charge on any atom is -0.390 e. The van der Waals surface area contributed by atoms with E-state index in [-0.39, 0.29) is 17.1 Å². The largest absolute Gasteiger partial charge is 0.390 e. The first-order chi connectivity index (χ1) is 16.0. The van der Waals surface area contributed by atoms with Crippen LogP contribution in [0.2, 0.25) is 0 Å². The van der Waals surface area contributed by atoms with E-state index < -0.39 is 34.6 Å². The third-order valence-electron chi connectivity index (χ3n) is 6.14. The highest BCUT2D eigenvalue weighted by atomic mass is 17.4. The van der Waals surface area contributed by atoms with Crippen molar-refractivity contribution < 1.29 is 28.8 Å². The number of hydrogen-bond donors (Lipinski definition) is 0. The zero-order valence-electron chi connectivity index (χ0n) is 20.2. The molecule has 0 amide bonds. The average Bonchev–Trinajstić information content (AvgIpc) is 3.63. The fraction of sp³-hybridized carbons (Fsp3) is 0.286. The summed E-state index contributed by atoms with van der Waals surface area (Å²) >= 11 is 0. The molecule has 1 saturated heterocycles. The van der Waals surface area contributed by atoms with Crippen LogP contribution in [0.4, 0.5) is 0 Å². The Morgan fingerprint density at radius 3 is 1.56 bits per heavy atom. The number of carbonyl (C=O) groups excluding carboxylic acids is 2. The van der Waals surface area contributed by atoms with Gasteiger partial charge >= 0.3 is 17.9 Å². The van der Waals surface area contributed by atoms with Crippen molar-refractivity contribution in [1.82, 2.24) is 0 Å². The Hall–Kier alpha value is -3.80. The number of esters is 2. The van der Waals surface area contributed by atoms with Gasteiger partial charge in [-0.3, -0.25) is 0 Å². The van der Waals surface area contributed by atoms with Crippen molar-refractivity contribution in [2.45, 2.75) is 45.4 Å². The monoisotopic (exact) mass is 462 g/mol. The van der Waals surface area contributed by atoms with Gasteiger partial charge in [-0.15, -0.1) is 0 Å². The topological polar surface area (TPSA) is 77.7 Å². The maximum Gasteiger partial charge on any atom is 0.389 e. The molecule has 2 aromatic rings.